The second kappa shape index (κ2) is 7.75. The van der Waals surface area contributed by atoms with Gasteiger partial charge < -0.3 is 15.2 Å². The minimum Gasteiger partial charge on any atom is -0.456 e. The van der Waals surface area contributed by atoms with Crippen LogP contribution < -0.4 is 5.32 Å². The summed E-state index contributed by atoms with van der Waals surface area (Å²) in [4.78, 5) is 25.0. The van der Waals surface area contributed by atoms with Gasteiger partial charge in [0, 0.05) is 5.69 Å². The number of hydrogen-bond donors (Lipinski definition) is 2. The highest BCUT2D eigenvalue weighted by atomic mass is 16.5. The molecule has 5 rings (SSSR count). The molecule has 29 heavy (non-hydrogen) atoms. The number of carbonyl (C=O) groups excluding carboxylic acids is 2. The van der Waals surface area contributed by atoms with Gasteiger partial charge in [-0.05, 0) is 79.7 Å². The number of carbonyl (C=O) groups is 2. The smallest absolute Gasteiger partial charge is 0.306 e. The zero-order chi connectivity index (χ0) is 20.6. The molecule has 4 saturated carbocycles. The van der Waals surface area contributed by atoms with Crippen LogP contribution in [0.15, 0.2) is 18.2 Å². The number of ether oxygens (including phenoxy) is 1. The van der Waals surface area contributed by atoms with Gasteiger partial charge in [-0.2, -0.15) is 0 Å². The van der Waals surface area contributed by atoms with Crippen molar-refractivity contribution < 1.29 is 19.4 Å². The van der Waals surface area contributed by atoms with Crippen LogP contribution in [0.25, 0.3) is 0 Å². The van der Waals surface area contributed by atoms with E-state index in [4.69, 9.17) is 4.74 Å². The maximum Gasteiger partial charge on any atom is 0.306 e. The number of rotatable bonds is 7. The molecule has 5 nitrogen and oxygen atoms in total. The summed E-state index contributed by atoms with van der Waals surface area (Å²) in [5.41, 5.74) is 2.32. The van der Waals surface area contributed by atoms with Crippen molar-refractivity contribution >= 4 is 17.6 Å². The van der Waals surface area contributed by atoms with E-state index >= 15 is 0 Å². The molecule has 4 aliphatic carbocycles. The Morgan fingerprint density at radius 2 is 1.72 bits per heavy atom. The van der Waals surface area contributed by atoms with Crippen LogP contribution in [-0.2, 0) is 27.2 Å². The predicted octanol–water partition coefficient (Wildman–Crippen LogP) is 4.01. The molecular weight excluding hydrogens is 366 g/mol. The Hall–Kier alpha value is -1.88. The van der Waals surface area contributed by atoms with E-state index < -0.39 is 5.60 Å². The minimum absolute atomic E-state index is 0.128. The topological polar surface area (TPSA) is 75.6 Å². The molecule has 4 bridgehead atoms. The molecule has 1 aromatic rings. The Kier molecular flexibility index (Phi) is 5.45. The van der Waals surface area contributed by atoms with E-state index in [1.54, 1.807) is 0 Å². The lowest BCUT2D eigenvalue weighted by atomic mass is 9.47. The van der Waals surface area contributed by atoms with Gasteiger partial charge in [-0.25, -0.2) is 0 Å². The molecule has 0 spiro atoms. The van der Waals surface area contributed by atoms with E-state index in [0.717, 1.165) is 55.3 Å². The first-order chi connectivity index (χ1) is 13.8. The van der Waals surface area contributed by atoms with Crippen LogP contribution in [-0.4, -0.2) is 29.2 Å². The third-order valence-electron chi connectivity index (χ3n) is 7.30. The van der Waals surface area contributed by atoms with Gasteiger partial charge in [-0.3, -0.25) is 9.59 Å². The molecule has 2 N–H and O–H groups in total. The van der Waals surface area contributed by atoms with Gasteiger partial charge in [0.25, 0.3) is 5.91 Å². The molecule has 0 saturated heterocycles. The quantitative estimate of drug-likeness (QED) is 0.679. The molecule has 158 valence electrons. The number of aryl methyl sites for hydroxylation is 2. The second-order valence-electron chi connectivity index (χ2n) is 9.73. The first kappa shape index (κ1) is 20.4. The molecule has 4 atom stereocenters. The Balaban J connectivity index is 1.33. The van der Waals surface area contributed by atoms with Crippen molar-refractivity contribution in [3.63, 3.8) is 0 Å². The van der Waals surface area contributed by atoms with E-state index in [1.165, 1.54) is 6.42 Å². The van der Waals surface area contributed by atoms with Gasteiger partial charge in [0.05, 0.1) is 12.0 Å². The zero-order valence-corrected chi connectivity index (χ0v) is 17.6. The second-order valence-corrected chi connectivity index (χ2v) is 9.73. The van der Waals surface area contributed by atoms with Crippen molar-refractivity contribution in [1.82, 2.24) is 0 Å². The fourth-order valence-corrected chi connectivity index (χ4v) is 6.69. The van der Waals surface area contributed by atoms with Crippen molar-refractivity contribution in [3.05, 3.63) is 29.3 Å². The first-order valence-corrected chi connectivity index (χ1v) is 11.1. The van der Waals surface area contributed by atoms with Gasteiger partial charge in [-0.15, -0.1) is 0 Å². The summed E-state index contributed by atoms with van der Waals surface area (Å²) >= 11 is 0. The normalized spacial score (nSPS) is 32.2. The lowest BCUT2D eigenvalue weighted by Crippen LogP contribution is -2.56. The first-order valence-electron chi connectivity index (χ1n) is 11.1. The van der Waals surface area contributed by atoms with Crippen molar-refractivity contribution in [3.8, 4) is 0 Å². The number of hydrogen-bond acceptors (Lipinski definition) is 4. The van der Waals surface area contributed by atoms with Gasteiger partial charge in [0.1, 0.15) is 0 Å². The molecule has 2 unspecified atom stereocenters. The molecule has 1 amide bonds. The molecule has 0 aliphatic heterocycles. The summed E-state index contributed by atoms with van der Waals surface area (Å²) in [5.74, 6) is 0.467. The van der Waals surface area contributed by atoms with Crippen LogP contribution in [0, 0.1) is 17.3 Å². The SMILES string of the molecule is CCc1cccc(CC)c1NC(=O)COC(=O)CC12C[C@@H]3C[C@@H](CC(O)(C3)C1)C2. The summed E-state index contributed by atoms with van der Waals surface area (Å²) in [7, 11) is 0. The summed E-state index contributed by atoms with van der Waals surface area (Å²) in [5, 5.41) is 13.8. The van der Waals surface area contributed by atoms with Crippen molar-refractivity contribution in [2.45, 2.75) is 77.2 Å². The van der Waals surface area contributed by atoms with Crippen LogP contribution in [0.1, 0.15) is 69.9 Å². The molecule has 5 heteroatoms. The van der Waals surface area contributed by atoms with E-state index in [-0.39, 0.29) is 23.9 Å². The Morgan fingerprint density at radius 1 is 1.10 bits per heavy atom. The molecule has 0 heterocycles. The molecule has 0 aromatic heterocycles. The lowest BCUT2D eigenvalue weighted by molar-refractivity contribution is -0.177. The predicted molar refractivity (Wildman–Crippen MR) is 111 cm³/mol. The summed E-state index contributed by atoms with van der Waals surface area (Å²) in [6.07, 6.45) is 7.68. The zero-order valence-electron chi connectivity index (χ0n) is 17.6. The third kappa shape index (κ3) is 4.20. The molecular formula is C24H33NO4. The van der Waals surface area contributed by atoms with Crippen LogP contribution in [0.2, 0.25) is 0 Å². The number of esters is 1. The Labute approximate surface area is 173 Å². The minimum atomic E-state index is -0.581. The largest absolute Gasteiger partial charge is 0.456 e. The Bertz CT molecular complexity index is 766. The van der Waals surface area contributed by atoms with Gasteiger partial charge in [-0.1, -0.05) is 32.0 Å². The average Bonchev–Trinajstić information content (AvgIpc) is 2.64. The van der Waals surface area contributed by atoms with Crippen LogP contribution >= 0.6 is 0 Å². The summed E-state index contributed by atoms with van der Waals surface area (Å²) in [6.45, 7) is 3.86. The number of aliphatic hydroxyl groups is 1. The Morgan fingerprint density at radius 3 is 2.28 bits per heavy atom. The highest BCUT2D eigenvalue weighted by Crippen LogP contribution is 2.62. The van der Waals surface area contributed by atoms with Gasteiger partial charge in [0.2, 0.25) is 0 Å². The number of anilines is 1. The number of benzene rings is 1. The van der Waals surface area contributed by atoms with E-state index in [1.807, 2.05) is 18.2 Å². The van der Waals surface area contributed by atoms with Crippen molar-refractivity contribution in [1.29, 1.82) is 0 Å². The van der Waals surface area contributed by atoms with E-state index in [0.29, 0.717) is 24.7 Å². The molecule has 0 radical (unpaired) electrons. The van der Waals surface area contributed by atoms with Crippen LogP contribution in [0.4, 0.5) is 5.69 Å². The number of para-hydroxylation sites is 1. The van der Waals surface area contributed by atoms with Gasteiger partial charge in [0.15, 0.2) is 6.61 Å². The standard InChI is InChI=1S/C24H33NO4/c1-3-18-6-5-7-19(4-2)22(18)25-20(26)14-29-21(27)13-23-9-16-8-17(10-23)12-24(28,11-16)15-23/h5-7,16-17,28H,3-4,8-15H2,1-2H3,(H,25,26)/t16-,17+,23?,24?. The van der Waals surface area contributed by atoms with Crippen molar-refractivity contribution in [2.24, 2.45) is 17.3 Å². The fraction of sp³-hybridized carbons (Fsp3) is 0.667. The number of amides is 1. The van der Waals surface area contributed by atoms with Crippen LogP contribution in [0.5, 0.6) is 0 Å². The number of nitrogens with one attached hydrogen (secondary N) is 1. The van der Waals surface area contributed by atoms with E-state index in [2.05, 4.69) is 19.2 Å². The van der Waals surface area contributed by atoms with Gasteiger partial charge >= 0.3 is 5.97 Å². The average molecular weight is 400 g/mol. The summed E-state index contributed by atoms with van der Waals surface area (Å²) in [6, 6.07) is 6.03. The van der Waals surface area contributed by atoms with Crippen LogP contribution in [0.3, 0.4) is 0 Å². The molecule has 4 fully saturated rings. The lowest BCUT2D eigenvalue weighted by Gasteiger charge is -2.60. The highest BCUT2D eigenvalue weighted by Gasteiger charge is 2.57. The maximum absolute atomic E-state index is 12.6. The summed E-state index contributed by atoms with van der Waals surface area (Å²) < 4.78 is 5.36. The van der Waals surface area contributed by atoms with E-state index in [9.17, 15) is 14.7 Å². The molecule has 1 aromatic carbocycles. The monoisotopic (exact) mass is 399 g/mol. The highest BCUT2D eigenvalue weighted by molar-refractivity contribution is 5.94. The van der Waals surface area contributed by atoms with Crippen molar-refractivity contribution in [2.75, 3.05) is 11.9 Å². The molecule has 4 aliphatic rings. The fourth-order valence-electron chi connectivity index (χ4n) is 6.69. The third-order valence-corrected chi connectivity index (χ3v) is 7.30. The maximum atomic E-state index is 12.6.